The number of nitrogens with two attached hydrogens (primary N) is 2. The van der Waals surface area contributed by atoms with Gasteiger partial charge in [-0.15, -0.1) is 0 Å². The number of aromatic hydroxyl groups is 2. The Morgan fingerprint density at radius 2 is 1.16 bits per heavy atom. The molecule has 0 unspecified atom stereocenters. The number of carbonyl (C=O) groups is 7. The van der Waals surface area contributed by atoms with Crippen molar-refractivity contribution in [1.82, 2.24) is 31.9 Å². The first-order valence-corrected chi connectivity index (χ1v) is 15.9. The molecule has 2 aromatic rings. The molecule has 0 aliphatic rings. The van der Waals surface area contributed by atoms with Crippen LogP contribution in [-0.4, -0.2) is 95.4 Å². The third-order valence-electron chi connectivity index (χ3n) is 7.33. The maximum absolute atomic E-state index is 13.1. The van der Waals surface area contributed by atoms with Crippen molar-refractivity contribution >= 4 is 41.4 Å². The van der Waals surface area contributed by atoms with Gasteiger partial charge in [-0.25, -0.2) is 0 Å². The summed E-state index contributed by atoms with van der Waals surface area (Å²) in [7, 11) is 0. The first-order valence-electron chi connectivity index (χ1n) is 15.9. The van der Waals surface area contributed by atoms with Crippen LogP contribution < -0.4 is 43.4 Å². The minimum Gasteiger partial charge on any atom is -0.508 e. The number of phenols is 2. The second-order valence-electron chi connectivity index (χ2n) is 11.6. The van der Waals surface area contributed by atoms with Gasteiger partial charge in [0, 0.05) is 19.9 Å². The van der Waals surface area contributed by atoms with E-state index in [9.17, 15) is 43.8 Å². The predicted molar refractivity (Wildman–Crippen MR) is 181 cm³/mol. The average Bonchev–Trinajstić information content (AvgIpc) is 3.06. The Balaban J connectivity index is 2.01. The Kier molecular flexibility index (Phi) is 16.7. The Labute approximate surface area is 289 Å². The van der Waals surface area contributed by atoms with Gasteiger partial charge >= 0.3 is 0 Å². The number of rotatable bonds is 20. The van der Waals surface area contributed by atoms with Crippen molar-refractivity contribution in [2.75, 3.05) is 19.6 Å². The van der Waals surface area contributed by atoms with Crippen molar-refractivity contribution in [1.29, 1.82) is 0 Å². The lowest BCUT2D eigenvalue weighted by Gasteiger charge is -2.22. The number of hydrogen-bond acceptors (Lipinski definition) is 10. The topological polar surface area (TPSA) is 284 Å². The number of carbonyl (C=O) groups excluding carboxylic acids is 7. The van der Waals surface area contributed by atoms with E-state index >= 15 is 0 Å². The number of phenolic OH excluding ortho intramolecular Hbond substituents is 2. The predicted octanol–water partition coefficient (Wildman–Crippen LogP) is -2.29. The summed E-state index contributed by atoms with van der Waals surface area (Å²) in [6.07, 6.45) is 1.15. The summed E-state index contributed by atoms with van der Waals surface area (Å²) in [4.78, 5) is 86.8. The average molecular weight is 699 g/mol. The molecule has 272 valence electrons. The molecular formula is C33H46N8O9. The van der Waals surface area contributed by atoms with E-state index in [1.807, 2.05) is 0 Å². The highest BCUT2D eigenvalue weighted by Crippen LogP contribution is 2.12. The Morgan fingerprint density at radius 3 is 1.68 bits per heavy atom. The van der Waals surface area contributed by atoms with Gasteiger partial charge in [0.05, 0.1) is 19.1 Å². The molecule has 0 saturated carbocycles. The summed E-state index contributed by atoms with van der Waals surface area (Å²) in [5.74, 6) is -4.45. The molecule has 4 atom stereocenters. The smallest absolute Gasteiger partial charge is 0.243 e. The molecule has 0 saturated heterocycles. The number of hydrogen-bond donors (Lipinski definition) is 10. The summed E-state index contributed by atoms with van der Waals surface area (Å²) < 4.78 is 0. The van der Waals surface area contributed by atoms with Gasteiger partial charge in [-0.1, -0.05) is 24.3 Å². The molecule has 0 spiro atoms. The minimum atomic E-state index is -1.18. The second-order valence-corrected chi connectivity index (χ2v) is 11.6. The zero-order valence-electron chi connectivity index (χ0n) is 28.0. The molecule has 0 aliphatic heterocycles. The van der Waals surface area contributed by atoms with E-state index in [1.165, 1.54) is 38.1 Å². The molecule has 0 bridgehead atoms. The van der Waals surface area contributed by atoms with Crippen LogP contribution in [0.1, 0.15) is 44.2 Å². The summed E-state index contributed by atoms with van der Waals surface area (Å²) in [6.45, 7) is 2.01. The molecule has 12 N–H and O–H groups in total. The van der Waals surface area contributed by atoms with E-state index in [-0.39, 0.29) is 36.7 Å². The highest BCUT2D eigenvalue weighted by molar-refractivity contribution is 5.94. The van der Waals surface area contributed by atoms with Crippen molar-refractivity contribution < 1.29 is 43.8 Å². The fourth-order valence-corrected chi connectivity index (χ4v) is 4.53. The molecule has 2 aromatic carbocycles. The number of amides is 7. The standard InChI is InChI=1S/C33H46N8O9/c1-19(30(35)47)39-33(50)27(16-22-8-12-24(44)13-9-22)41-29(46)18-38-32(49)26(5-3-4-14-36-20(2)42)40-28(45)17-37-31(48)25(34)15-21-6-10-23(43)11-7-21/h6-13,19,25-27,43-44H,3-5,14-18,34H2,1-2H3,(H2,35,47)(H,36,42)(H,37,48)(H,38,49)(H,39,50)(H,40,45)(H,41,46)/t19-,25-,26-,27-/m0/s1. The maximum atomic E-state index is 13.1. The summed E-state index contributed by atoms with van der Waals surface area (Å²) in [5.41, 5.74) is 12.5. The fraction of sp³-hybridized carbons (Fsp3) is 0.424. The Hall–Kier alpha value is -5.71. The normalized spacial score (nSPS) is 13.0. The van der Waals surface area contributed by atoms with Crippen LogP contribution in [-0.2, 0) is 46.4 Å². The molecule has 0 aromatic heterocycles. The number of nitrogens with one attached hydrogen (secondary N) is 6. The fourth-order valence-electron chi connectivity index (χ4n) is 4.53. The number of primary amides is 1. The van der Waals surface area contributed by atoms with Crippen LogP contribution in [0.3, 0.4) is 0 Å². The molecular weight excluding hydrogens is 652 g/mol. The van der Waals surface area contributed by atoms with E-state index in [0.29, 0.717) is 30.5 Å². The van der Waals surface area contributed by atoms with E-state index in [4.69, 9.17) is 11.5 Å². The van der Waals surface area contributed by atoms with Gasteiger partial charge in [-0.3, -0.25) is 33.6 Å². The second kappa shape index (κ2) is 20.6. The molecule has 0 aliphatic carbocycles. The van der Waals surface area contributed by atoms with Gasteiger partial charge in [0.1, 0.15) is 29.6 Å². The summed E-state index contributed by atoms with van der Waals surface area (Å²) in [5, 5.41) is 33.9. The van der Waals surface area contributed by atoms with Crippen molar-refractivity contribution in [3.63, 3.8) is 0 Å². The first-order chi connectivity index (χ1) is 23.6. The van der Waals surface area contributed by atoms with E-state index in [0.717, 1.165) is 0 Å². The lowest BCUT2D eigenvalue weighted by Crippen LogP contribution is -2.55. The van der Waals surface area contributed by atoms with Crippen LogP contribution in [0, 0.1) is 0 Å². The van der Waals surface area contributed by atoms with Crippen LogP contribution in [0.15, 0.2) is 48.5 Å². The zero-order chi connectivity index (χ0) is 37.2. The van der Waals surface area contributed by atoms with Gasteiger partial charge in [-0.05, 0) is 68.0 Å². The molecule has 7 amide bonds. The van der Waals surface area contributed by atoms with Crippen molar-refractivity contribution in [2.24, 2.45) is 11.5 Å². The zero-order valence-corrected chi connectivity index (χ0v) is 28.0. The van der Waals surface area contributed by atoms with Gasteiger partial charge < -0.3 is 53.6 Å². The van der Waals surface area contributed by atoms with Gasteiger partial charge in [0.2, 0.25) is 41.4 Å². The van der Waals surface area contributed by atoms with E-state index < -0.39 is 72.7 Å². The van der Waals surface area contributed by atoms with Crippen LogP contribution in [0.4, 0.5) is 0 Å². The lowest BCUT2D eigenvalue weighted by atomic mass is 10.0. The number of unbranched alkanes of at least 4 members (excludes halogenated alkanes) is 1. The summed E-state index contributed by atoms with van der Waals surface area (Å²) >= 11 is 0. The highest BCUT2D eigenvalue weighted by atomic mass is 16.3. The molecule has 17 nitrogen and oxygen atoms in total. The number of benzene rings is 2. The van der Waals surface area contributed by atoms with E-state index in [2.05, 4.69) is 31.9 Å². The summed E-state index contributed by atoms with van der Waals surface area (Å²) in [6, 6.07) is 7.71. The van der Waals surface area contributed by atoms with Crippen LogP contribution in [0.5, 0.6) is 11.5 Å². The van der Waals surface area contributed by atoms with Gasteiger partial charge in [0.25, 0.3) is 0 Å². The third-order valence-corrected chi connectivity index (χ3v) is 7.33. The van der Waals surface area contributed by atoms with Crippen molar-refractivity contribution in [3.8, 4) is 11.5 Å². The van der Waals surface area contributed by atoms with Crippen LogP contribution in [0.25, 0.3) is 0 Å². The van der Waals surface area contributed by atoms with Gasteiger partial charge in [-0.2, -0.15) is 0 Å². The molecule has 17 heteroatoms. The minimum absolute atomic E-state index is 0.00261. The SMILES string of the molecule is CC(=O)NCCCC[C@H](NC(=O)CNC(=O)[C@@H](N)Cc1ccc(O)cc1)C(=O)NCC(=O)N[C@@H](Cc1ccc(O)cc1)C(=O)N[C@@H](C)C(N)=O. The monoisotopic (exact) mass is 698 g/mol. The quantitative estimate of drug-likeness (QED) is 0.0661. The lowest BCUT2D eigenvalue weighted by molar-refractivity contribution is -0.132. The van der Waals surface area contributed by atoms with Crippen molar-refractivity contribution in [3.05, 3.63) is 59.7 Å². The first kappa shape index (κ1) is 40.5. The van der Waals surface area contributed by atoms with E-state index in [1.54, 1.807) is 24.3 Å². The molecule has 0 radical (unpaired) electrons. The maximum Gasteiger partial charge on any atom is 0.243 e. The largest absolute Gasteiger partial charge is 0.508 e. The Bertz CT molecular complexity index is 1490. The van der Waals surface area contributed by atoms with Crippen LogP contribution in [0.2, 0.25) is 0 Å². The van der Waals surface area contributed by atoms with Crippen molar-refractivity contribution in [2.45, 2.75) is 70.1 Å². The van der Waals surface area contributed by atoms with Gasteiger partial charge in [0.15, 0.2) is 0 Å². The molecule has 0 fully saturated rings. The third kappa shape index (κ3) is 15.5. The molecule has 50 heavy (non-hydrogen) atoms. The van der Waals surface area contributed by atoms with Crippen LogP contribution >= 0.6 is 0 Å². The molecule has 2 rings (SSSR count). The Morgan fingerprint density at radius 1 is 0.660 bits per heavy atom. The highest BCUT2D eigenvalue weighted by Gasteiger charge is 2.26. The molecule has 0 heterocycles.